The molecule has 20 heavy (non-hydrogen) atoms. The predicted octanol–water partition coefficient (Wildman–Crippen LogP) is -1.78. The van der Waals surface area contributed by atoms with Gasteiger partial charge in [0.05, 0.1) is 6.54 Å². The number of hydrogen-bond donors (Lipinski definition) is 3. The van der Waals surface area contributed by atoms with E-state index in [2.05, 4.69) is 5.32 Å². The highest BCUT2D eigenvalue weighted by Crippen LogP contribution is 2.08. The smallest absolute Gasteiger partial charge is 0.326 e. The molecule has 1 aliphatic heterocycles. The van der Waals surface area contributed by atoms with Crippen molar-refractivity contribution in [1.29, 1.82) is 0 Å². The molecule has 0 aliphatic carbocycles. The Kier molecular flexibility index (Phi) is 7.22. The quantitative estimate of drug-likeness (QED) is 0.503. The fourth-order valence-electron chi connectivity index (χ4n) is 1.81. The molecule has 1 aliphatic rings. The molecular formula is C11H18N2O7. The number of carboxylic acids is 2. The standard InChI is InChI=1S/C11H16N2O6.H2O/c14-8(6-13-5-1-2-9(13)15)12-7(11(18)19)3-4-10(16)17;/h7H,1-6H2,(H,12,14)(H,16,17)(H,18,19);1H2/t7-;/m0./s1. The van der Waals surface area contributed by atoms with Crippen LogP contribution in [0.1, 0.15) is 25.7 Å². The van der Waals surface area contributed by atoms with Gasteiger partial charge in [-0.05, 0) is 12.8 Å². The lowest BCUT2D eigenvalue weighted by Crippen LogP contribution is -2.46. The van der Waals surface area contributed by atoms with Crippen molar-refractivity contribution in [3.8, 4) is 0 Å². The third kappa shape index (κ3) is 5.65. The Morgan fingerprint density at radius 3 is 2.40 bits per heavy atom. The monoisotopic (exact) mass is 290 g/mol. The lowest BCUT2D eigenvalue weighted by atomic mass is 10.1. The van der Waals surface area contributed by atoms with E-state index in [9.17, 15) is 19.2 Å². The van der Waals surface area contributed by atoms with Gasteiger partial charge < -0.3 is 25.9 Å². The van der Waals surface area contributed by atoms with E-state index in [4.69, 9.17) is 10.2 Å². The van der Waals surface area contributed by atoms with E-state index in [-0.39, 0.29) is 30.8 Å². The van der Waals surface area contributed by atoms with Gasteiger partial charge in [-0.25, -0.2) is 4.79 Å². The average molecular weight is 290 g/mol. The molecule has 2 amide bonds. The molecule has 0 aromatic heterocycles. The first kappa shape index (κ1) is 17.8. The molecule has 9 nitrogen and oxygen atoms in total. The largest absolute Gasteiger partial charge is 0.481 e. The van der Waals surface area contributed by atoms with Crippen molar-refractivity contribution in [3.05, 3.63) is 0 Å². The Balaban J connectivity index is 0.00000361. The Hall–Kier alpha value is -2.16. The molecule has 114 valence electrons. The maximum Gasteiger partial charge on any atom is 0.326 e. The minimum Gasteiger partial charge on any atom is -0.481 e. The zero-order valence-corrected chi connectivity index (χ0v) is 10.8. The average Bonchev–Trinajstić information content (AvgIpc) is 2.69. The van der Waals surface area contributed by atoms with Crippen molar-refractivity contribution in [2.45, 2.75) is 31.7 Å². The topological polar surface area (TPSA) is 156 Å². The zero-order chi connectivity index (χ0) is 14.4. The number of rotatable bonds is 7. The van der Waals surface area contributed by atoms with Crippen LogP contribution in [0.3, 0.4) is 0 Å². The summed E-state index contributed by atoms with van der Waals surface area (Å²) in [5.41, 5.74) is 0. The number of carboxylic acid groups (broad SMARTS) is 2. The molecule has 0 aromatic rings. The lowest BCUT2D eigenvalue weighted by molar-refractivity contribution is -0.143. The van der Waals surface area contributed by atoms with Crippen LogP contribution in [0, 0.1) is 0 Å². The first-order valence-corrected chi connectivity index (χ1v) is 5.92. The molecule has 0 bridgehead atoms. The normalized spacial score (nSPS) is 15.4. The molecule has 9 heteroatoms. The van der Waals surface area contributed by atoms with Crippen LogP contribution in [0.2, 0.25) is 0 Å². The predicted molar refractivity (Wildman–Crippen MR) is 65.9 cm³/mol. The number of hydrogen-bond acceptors (Lipinski definition) is 4. The highest BCUT2D eigenvalue weighted by Gasteiger charge is 2.25. The van der Waals surface area contributed by atoms with E-state index in [0.717, 1.165) is 0 Å². The van der Waals surface area contributed by atoms with Gasteiger partial charge in [-0.2, -0.15) is 0 Å². The van der Waals surface area contributed by atoms with E-state index < -0.39 is 23.9 Å². The van der Waals surface area contributed by atoms with E-state index >= 15 is 0 Å². The third-order valence-corrected chi connectivity index (χ3v) is 2.79. The number of nitrogens with zero attached hydrogens (tertiary/aromatic N) is 1. The van der Waals surface area contributed by atoms with Crippen LogP contribution in [-0.4, -0.2) is 63.5 Å². The van der Waals surface area contributed by atoms with Gasteiger partial charge in [-0.1, -0.05) is 0 Å². The molecule has 0 spiro atoms. The first-order valence-electron chi connectivity index (χ1n) is 5.92. The highest BCUT2D eigenvalue weighted by molar-refractivity contribution is 5.88. The summed E-state index contributed by atoms with van der Waals surface area (Å²) in [6, 6.07) is -1.25. The second-order valence-electron chi connectivity index (χ2n) is 4.31. The Bertz CT molecular complexity index is 396. The Labute approximate surface area is 114 Å². The first-order chi connectivity index (χ1) is 8.90. The molecule has 0 unspecified atom stereocenters. The van der Waals surface area contributed by atoms with E-state index in [0.29, 0.717) is 19.4 Å². The molecule has 1 saturated heterocycles. The van der Waals surface area contributed by atoms with Gasteiger partial charge in [0.1, 0.15) is 6.04 Å². The number of aliphatic carboxylic acids is 2. The molecule has 1 fully saturated rings. The van der Waals surface area contributed by atoms with E-state index in [1.54, 1.807) is 0 Å². The molecule has 5 N–H and O–H groups in total. The number of amides is 2. The Morgan fingerprint density at radius 1 is 1.30 bits per heavy atom. The Morgan fingerprint density at radius 2 is 1.95 bits per heavy atom. The van der Waals surface area contributed by atoms with E-state index in [1.165, 1.54) is 4.90 Å². The molecule has 0 radical (unpaired) electrons. The maximum absolute atomic E-state index is 11.6. The molecular weight excluding hydrogens is 272 g/mol. The summed E-state index contributed by atoms with van der Waals surface area (Å²) in [6.45, 7) is 0.300. The third-order valence-electron chi connectivity index (χ3n) is 2.79. The van der Waals surface area contributed by atoms with Gasteiger partial charge in [0, 0.05) is 19.4 Å². The van der Waals surface area contributed by atoms with Crippen molar-refractivity contribution >= 4 is 23.8 Å². The van der Waals surface area contributed by atoms with Gasteiger partial charge >= 0.3 is 11.9 Å². The minimum atomic E-state index is -1.29. The summed E-state index contributed by atoms with van der Waals surface area (Å²) in [6.07, 6.45) is 0.548. The molecule has 1 atom stereocenters. The van der Waals surface area contributed by atoms with Gasteiger partial charge in [-0.3, -0.25) is 14.4 Å². The summed E-state index contributed by atoms with van der Waals surface area (Å²) in [5.74, 6) is -3.14. The fraction of sp³-hybridized carbons (Fsp3) is 0.636. The van der Waals surface area contributed by atoms with Crippen molar-refractivity contribution in [2.75, 3.05) is 13.1 Å². The van der Waals surface area contributed by atoms with Crippen molar-refractivity contribution in [1.82, 2.24) is 10.2 Å². The molecule has 0 aromatic carbocycles. The molecule has 1 rings (SSSR count). The number of likely N-dealkylation sites (tertiary alicyclic amines) is 1. The van der Waals surface area contributed by atoms with Crippen LogP contribution in [-0.2, 0) is 19.2 Å². The van der Waals surface area contributed by atoms with Crippen LogP contribution in [0.25, 0.3) is 0 Å². The van der Waals surface area contributed by atoms with Crippen molar-refractivity contribution in [3.63, 3.8) is 0 Å². The van der Waals surface area contributed by atoms with Crippen molar-refractivity contribution in [2.24, 2.45) is 0 Å². The van der Waals surface area contributed by atoms with Crippen LogP contribution in [0.15, 0.2) is 0 Å². The van der Waals surface area contributed by atoms with Crippen LogP contribution in [0.5, 0.6) is 0 Å². The zero-order valence-electron chi connectivity index (χ0n) is 10.8. The number of carbonyl (C=O) groups is 4. The summed E-state index contributed by atoms with van der Waals surface area (Å²) in [5, 5.41) is 19.6. The van der Waals surface area contributed by atoms with Gasteiger partial charge in [0.2, 0.25) is 11.8 Å². The fourth-order valence-corrected chi connectivity index (χ4v) is 1.81. The van der Waals surface area contributed by atoms with Gasteiger partial charge in [0.15, 0.2) is 0 Å². The van der Waals surface area contributed by atoms with Gasteiger partial charge in [-0.15, -0.1) is 0 Å². The highest BCUT2D eigenvalue weighted by atomic mass is 16.4. The SMILES string of the molecule is O.O=C(O)CC[C@H](NC(=O)CN1CCCC1=O)C(=O)O. The summed E-state index contributed by atoms with van der Waals surface area (Å²) in [4.78, 5) is 45.5. The van der Waals surface area contributed by atoms with Crippen LogP contribution < -0.4 is 5.32 Å². The van der Waals surface area contributed by atoms with Crippen LogP contribution >= 0.6 is 0 Å². The number of nitrogens with one attached hydrogen (secondary N) is 1. The molecule has 0 saturated carbocycles. The summed E-state index contributed by atoms with van der Waals surface area (Å²) < 4.78 is 0. The van der Waals surface area contributed by atoms with Crippen LogP contribution in [0.4, 0.5) is 0 Å². The van der Waals surface area contributed by atoms with Gasteiger partial charge in [0.25, 0.3) is 0 Å². The number of carbonyl (C=O) groups excluding carboxylic acids is 2. The maximum atomic E-state index is 11.6. The molecule has 1 heterocycles. The minimum absolute atomic E-state index is 0. The summed E-state index contributed by atoms with van der Waals surface area (Å²) >= 11 is 0. The second-order valence-corrected chi connectivity index (χ2v) is 4.31. The lowest BCUT2D eigenvalue weighted by Gasteiger charge is -2.18. The van der Waals surface area contributed by atoms with E-state index in [1.807, 2.05) is 0 Å². The van der Waals surface area contributed by atoms with Crippen molar-refractivity contribution < 1.29 is 34.9 Å². The second kappa shape index (κ2) is 8.10. The summed E-state index contributed by atoms with van der Waals surface area (Å²) in [7, 11) is 0.